The Morgan fingerprint density at radius 2 is 2.26 bits per heavy atom. The van der Waals surface area contributed by atoms with Crippen LogP contribution in [-0.4, -0.2) is 27.2 Å². The first-order valence-electron chi connectivity index (χ1n) is 6.63. The highest BCUT2D eigenvalue weighted by Crippen LogP contribution is 2.39. The van der Waals surface area contributed by atoms with Crippen molar-refractivity contribution in [2.24, 2.45) is 0 Å². The van der Waals surface area contributed by atoms with E-state index in [-0.39, 0.29) is 17.9 Å². The van der Waals surface area contributed by atoms with E-state index in [1.807, 2.05) is 0 Å². The summed E-state index contributed by atoms with van der Waals surface area (Å²) in [5.74, 6) is 1.40. The van der Waals surface area contributed by atoms with Crippen LogP contribution in [0.2, 0.25) is 0 Å². The van der Waals surface area contributed by atoms with Crippen LogP contribution in [0.4, 0.5) is 5.13 Å². The first-order valence-corrected chi connectivity index (χ1v) is 7.41. The van der Waals surface area contributed by atoms with Crippen molar-refractivity contribution in [3.8, 4) is 0 Å². The molecule has 6 nitrogen and oxygen atoms in total. The zero-order chi connectivity index (χ0) is 13.2. The zero-order valence-corrected chi connectivity index (χ0v) is 11.3. The lowest BCUT2D eigenvalue weighted by Gasteiger charge is -2.08. The highest BCUT2D eigenvalue weighted by atomic mass is 32.1. The Morgan fingerprint density at radius 1 is 1.42 bits per heavy atom. The van der Waals surface area contributed by atoms with Crippen molar-refractivity contribution in [1.82, 2.24) is 14.7 Å². The van der Waals surface area contributed by atoms with Gasteiger partial charge < -0.3 is 10.6 Å². The summed E-state index contributed by atoms with van der Waals surface area (Å²) < 4.78 is 4.24. The number of amides is 2. The smallest absolute Gasteiger partial charge is 0.226 e. The van der Waals surface area contributed by atoms with Gasteiger partial charge in [0.2, 0.25) is 16.9 Å². The second-order valence-electron chi connectivity index (χ2n) is 5.12. The highest BCUT2D eigenvalue weighted by Gasteiger charge is 2.28. The normalized spacial score (nSPS) is 22.3. The van der Waals surface area contributed by atoms with Crippen LogP contribution in [-0.2, 0) is 9.59 Å². The maximum Gasteiger partial charge on any atom is 0.226 e. The first kappa shape index (κ1) is 12.5. The number of hydrogen-bond donors (Lipinski definition) is 2. The van der Waals surface area contributed by atoms with E-state index in [0.717, 1.165) is 25.1 Å². The monoisotopic (exact) mass is 280 g/mol. The lowest BCUT2D eigenvalue weighted by atomic mass is 10.1. The van der Waals surface area contributed by atoms with E-state index < -0.39 is 0 Å². The molecule has 102 valence electrons. The Labute approximate surface area is 115 Å². The topological polar surface area (TPSA) is 84.0 Å². The van der Waals surface area contributed by atoms with Gasteiger partial charge in [0.15, 0.2) is 0 Å². The molecular weight excluding hydrogens is 264 g/mol. The lowest BCUT2D eigenvalue weighted by Crippen LogP contribution is -2.26. The number of carbonyl (C=O) groups is 2. The van der Waals surface area contributed by atoms with E-state index in [1.165, 1.54) is 11.5 Å². The second-order valence-corrected chi connectivity index (χ2v) is 5.87. The Bertz CT molecular complexity index is 498. The van der Waals surface area contributed by atoms with E-state index in [2.05, 4.69) is 20.0 Å². The van der Waals surface area contributed by atoms with Gasteiger partial charge in [-0.1, -0.05) is 0 Å². The van der Waals surface area contributed by atoms with Crippen LogP contribution in [0.15, 0.2) is 0 Å². The third-order valence-corrected chi connectivity index (χ3v) is 4.08. The number of nitrogens with zero attached hydrogens (tertiary/aromatic N) is 2. The van der Waals surface area contributed by atoms with Crippen molar-refractivity contribution in [3.63, 3.8) is 0 Å². The molecule has 0 aromatic carbocycles. The van der Waals surface area contributed by atoms with E-state index in [0.29, 0.717) is 30.3 Å². The van der Waals surface area contributed by atoms with E-state index in [9.17, 15) is 9.59 Å². The summed E-state index contributed by atoms with van der Waals surface area (Å²) in [6, 6.07) is 0.148. The SMILES string of the molecule is O=C(CCC1CCC(=O)N1)Nc1nc(C2CC2)ns1. The third-order valence-electron chi connectivity index (χ3n) is 3.44. The average molecular weight is 280 g/mol. The van der Waals surface area contributed by atoms with Crippen molar-refractivity contribution in [2.45, 2.75) is 50.5 Å². The maximum atomic E-state index is 11.8. The summed E-state index contributed by atoms with van der Waals surface area (Å²) in [5.41, 5.74) is 0. The maximum absolute atomic E-state index is 11.8. The minimum atomic E-state index is -0.0559. The number of hydrogen-bond acceptors (Lipinski definition) is 5. The molecule has 19 heavy (non-hydrogen) atoms. The van der Waals surface area contributed by atoms with Crippen LogP contribution >= 0.6 is 11.5 Å². The van der Waals surface area contributed by atoms with E-state index >= 15 is 0 Å². The molecule has 1 saturated carbocycles. The van der Waals surface area contributed by atoms with Gasteiger partial charge in [-0.3, -0.25) is 9.59 Å². The number of aromatic nitrogens is 2. The Balaban J connectivity index is 1.43. The van der Waals surface area contributed by atoms with Crippen molar-refractivity contribution < 1.29 is 9.59 Å². The van der Waals surface area contributed by atoms with Crippen molar-refractivity contribution in [3.05, 3.63) is 5.82 Å². The lowest BCUT2D eigenvalue weighted by molar-refractivity contribution is -0.120. The molecule has 3 rings (SSSR count). The second kappa shape index (κ2) is 5.24. The molecule has 0 radical (unpaired) electrons. The van der Waals surface area contributed by atoms with Crippen LogP contribution in [0, 0.1) is 0 Å². The minimum Gasteiger partial charge on any atom is -0.353 e. The minimum absolute atomic E-state index is 0.0559. The van der Waals surface area contributed by atoms with E-state index in [4.69, 9.17) is 0 Å². The first-order chi connectivity index (χ1) is 9.20. The standard InChI is InChI=1S/C12H16N4O2S/c17-9-5-3-8(13-9)4-6-10(18)14-12-15-11(16-19-12)7-1-2-7/h7-8H,1-6H2,(H,13,17)(H,14,15,16,18). The van der Waals surface area contributed by atoms with Crippen LogP contribution < -0.4 is 10.6 Å². The fourth-order valence-electron chi connectivity index (χ4n) is 2.17. The Kier molecular flexibility index (Phi) is 3.46. The number of anilines is 1. The summed E-state index contributed by atoms with van der Waals surface area (Å²) in [4.78, 5) is 27.1. The summed E-state index contributed by atoms with van der Waals surface area (Å²) >= 11 is 1.24. The summed E-state index contributed by atoms with van der Waals surface area (Å²) in [7, 11) is 0. The molecule has 0 spiro atoms. The van der Waals surface area contributed by atoms with Gasteiger partial charge in [0.1, 0.15) is 5.82 Å². The molecule has 2 aliphatic rings. The van der Waals surface area contributed by atoms with Crippen LogP contribution in [0.5, 0.6) is 0 Å². The molecule has 7 heteroatoms. The third kappa shape index (κ3) is 3.28. The Morgan fingerprint density at radius 3 is 2.95 bits per heavy atom. The molecule has 2 fully saturated rings. The molecule has 1 aliphatic heterocycles. The van der Waals surface area contributed by atoms with Gasteiger partial charge in [0, 0.05) is 36.3 Å². The van der Waals surface area contributed by atoms with Gasteiger partial charge in [0.25, 0.3) is 0 Å². The molecule has 2 heterocycles. The van der Waals surface area contributed by atoms with E-state index in [1.54, 1.807) is 0 Å². The highest BCUT2D eigenvalue weighted by molar-refractivity contribution is 7.09. The quantitative estimate of drug-likeness (QED) is 0.854. The summed E-state index contributed by atoms with van der Waals surface area (Å²) in [5, 5.41) is 6.22. The fourth-order valence-corrected chi connectivity index (χ4v) is 2.84. The molecule has 2 amide bonds. The predicted molar refractivity (Wildman–Crippen MR) is 70.9 cm³/mol. The van der Waals surface area contributed by atoms with Gasteiger partial charge in [-0.15, -0.1) is 0 Å². The average Bonchev–Trinajstić information content (AvgIpc) is 3.00. The van der Waals surface area contributed by atoms with Crippen molar-refractivity contribution in [2.75, 3.05) is 5.32 Å². The molecule has 0 bridgehead atoms. The molecule has 1 saturated heterocycles. The predicted octanol–water partition coefficient (Wildman–Crippen LogP) is 1.41. The summed E-state index contributed by atoms with van der Waals surface area (Å²) in [6.45, 7) is 0. The molecule has 1 unspecified atom stereocenters. The molecule has 1 aromatic heterocycles. The van der Waals surface area contributed by atoms with Gasteiger partial charge in [-0.05, 0) is 25.7 Å². The number of rotatable bonds is 5. The Hall–Kier alpha value is -1.50. The largest absolute Gasteiger partial charge is 0.353 e. The van der Waals surface area contributed by atoms with Crippen LogP contribution in [0.3, 0.4) is 0 Å². The molecule has 1 atom stereocenters. The summed E-state index contributed by atoms with van der Waals surface area (Å²) in [6.07, 6.45) is 4.82. The molecule has 2 N–H and O–H groups in total. The van der Waals surface area contributed by atoms with Crippen LogP contribution in [0.25, 0.3) is 0 Å². The van der Waals surface area contributed by atoms with Gasteiger partial charge >= 0.3 is 0 Å². The number of carbonyl (C=O) groups excluding carboxylic acids is 2. The molecule has 1 aliphatic carbocycles. The van der Waals surface area contributed by atoms with Crippen molar-refractivity contribution in [1.29, 1.82) is 0 Å². The van der Waals surface area contributed by atoms with Gasteiger partial charge in [-0.25, -0.2) is 4.98 Å². The van der Waals surface area contributed by atoms with Gasteiger partial charge in [0.05, 0.1) is 0 Å². The fraction of sp³-hybridized carbons (Fsp3) is 0.667. The van der Waals surface area contributed by atoms with Crippen molar-refractivity contribution >= 4 is 28.5 Å². The van der Waals surface area contributed by atoms with Crippen LogP contribution in [0.1, 0.15) is 50.3 Å². The molecular formula is C12H16N4O2S. The molecule has 1 aromatic rings. The number of nitrogens with one attached hydrogen (secondary N) is 2. The zero-order valence-electron chi connectivity index (χ0n) is 10.5. The van der Waals surface area contributed by atoms with Gasteiger partial charge in [-0.2, -0.15) is 4.37 Å².